The Hall–Kier alpha value is -2.36. The number of aliphatic imine (C=N–C) groups is 1. The molecule has 0 fully saturated rings. The molecule has 1 aliphatic rings. The van der Waals surface area contributed by atoms with Crippen LogP contribution in [-0.4, -0.2) is 12.4 Å². The van der Waals surface area contributed by atoms with Crippen LogP contribution in [0.15, 0.2) is 53.5 Å². The first-order valence-corrected chi connectivity index (χ1v) is 5.97. The highest BCUT2D eigenvalue weighted by Gasteiger charge is 2.23. The Morgan fingerprint density at radius 3 is 2.68 bits per heavy atom. The summed E-state index contributed by atoms with van der Waals surface area (Å²) in [7, 11) is 0. The zero-order valence-electron chi connectivity index (χ0n) is 10.0. The molecule has 19 heavy (non-hydrogen) atoms. The van der Waals surface area contributed by atoms with Gasteiger partial charge in [-0.05, 0) is 17.7 Å². The first-order chi connectivity index (χ1) is 9.24. The number of benzene rings is 2. The van der Waals surface area contributed by atoms with E-state index in [-0.39, 0.29) is 6.10 Å². The van der Waals surface area contributed by atoms with Crippen molar-refractivity contribution < 1.29 is 14.2 Å². The van der Waals surface area contributed by atoms with Gasteiger partial charge in [-0.3, -0.25) is 5.11 Å². The van der Waals surface area contributed by atoms with Crippen LogP contribution in [0.25, 0.3) is 0 Å². The second kappa shape index (κ2) is 4.72. The molecule has 0 N–H and O–H groups in total. The third-order valence-corrected chi connectivity index (χ3v) is 3.00. The largest absolute Gasteiger partial charge is 0.467 e. The Kier molecular flexibility index (Phi) is 2.91. The van der Waals surface area contributed by atoms with Crippen LogP contribution in [0.1, 0.15) is 17.2 Å². The van der Waals surface area contributed by atoms with Gasteiger partial charge < -0.3 is 4.74 Å². The van der Waals surface area contributed by atoms with E-state index in [4.69, 9.17) is 4.74 Å². The summed E-state index contributed by atoms with van der Waals surface area (Å²) in [5.41, 5.74) is 1.55. The summed E-state index contributed by atoms with van der Waals surface area (Å²) in [4.78, 5) is 4.27. The van der Waals surface area contributed by atoms with Crippen molar-refractivity contribution in [1.82, 2.24) is 0 Å². The van der Waals surface area contributed by atoms with E-state index in [0.717, 1.165) is 11.6 Å². The van der Waals surface area contributed by atoms with Gasteiger partial charge in [-0.25, -0.2) is 9.38 Å². The number of halogens is 1. The fourth-order valence-corrected chi connectivity index (χ4v) is 2.01. The maximum absolute atomic E-state index is 12.9. The van der Waals surface area contributed by atoms with Gasteiger partial charge in [0.05, 0.1) is 6.54 Å². The molecule has 4 heteroatoms. The molecule has 1 atom stereocenters. The van der Waals surface area contributed by atoms with E-state index < -0.39 is 11.6 Å². The minimum Gasteiger partial charge on any atom is -0.467 e. The van der Waals surface area contributed by atoms with Crippen LogP contribution in [0.2, 0.25) is 0 Å². The predicted octanol–water partition coefficient (Wildman–Crippen LogP) is 3.49. The molecule has 1 radical (unpaired) electrons. The minimum absolute atomic E-state index is 0.142. The van der Waals surface area contributed by atoms with Crippen LogP contribution < -0.4 is 0 Å². The van der Waals surface area contributed by atoms with Crippen LogP contribution in [0.3, 0.4) is 0 Å². The second-order valence-corrected chi connectivity index (χ2v) is 4.31. The van der Waals surface area contributed by atoms with Crippen LogP contribution in [0.5, 0.6) is 5.75 Å². The lowest BCUT2D eigenvalue weighted by Gasteiger charge is -2.11. The lowest BCUT2D eigenvalue weighted by Crippen LogP contribution is -2.06. The Balaban J connectivity index is 1.80. The fraction of sp³-hybridized carbons (Fsp3) is 0.133. The van der Waals surface area contributed by atoms with Crippen molar-refractivity contribution in [3.05, 3.63) is 65.5 Å². The molecule has 3 rings (SSSR count). The molecule has 3 nitrogen and oxygen atoms in total. The topological polar surface area (TPSA) is 41.5 Å². The standard InChI is InChI=1S/C15H11FNO2/c16-12-7-6-11(8-13(12)18)15-17-9-14(19-15)10-4-2-1-3-5-10/h1-8,14H,9H2/t14-/m0/s1. The van der Waals surface area contributed by atoms with E-state index in [1.165, 1.54) is 12.1 Å². The van der Waals surface area contributed by atoms with E-state index in [2.05, 4.69) is 4.99 Å². The average molecular weight is 256 g/mol. The maximum Gasteiger partial charge on any atom is 0.217 e. The number of rotatable bonds is 2. The zero-order chi connectivity index (χ0) is 13.2. The number of nitrogens with zero attached hydrogens (tertiary/aromatic N) is 1. The first kappa shape index (κ1) is 11.7. The molecule has 0 aliphatic carbocycles. The lowest BCUT2D eigenvalue weighted by atomic mass is 10.1. The summed E-state index contributed by atoms with van der Waals surface area (Å²) < 4.78 is 18.7. The van der Waals surface area contributed by atoms with Crippen LogP contribution >= 0.6 is 0 Å². The number of hydrogen-bond acceptors (Lipinski definition) is 2. The van der Waals surface area contributed by atoms with Crippen molar-refractivity contribution in [2.24, 2.45) is 4.99 Å². The highest BCUT2D eigenvalue weighted by Crippen LogP contribution is 2.27. The van der Waals surface area contributed by atoms with Crippen molar-refractivity contribution in [1.29, 1.82) is 0 Å². The van der Waals surface area contributed by atoms with Crippen molar-refractivity contribution in [2.75, 3.05) is 6.54 Å². The highest BCUT2D eigenvalue weighted by molar-refractivity contribution is 5.95. The smallest absolute Gasteiger partial charge is 0.217 e. The van der Waals surface area contributed by atoms with Gasteiger partial charge in [0, 0.05) is 11.6 Å². The molecule has 2 aromatic carbocycles. The van der Waals surface area contributed by atoms with E-state index >= 15 is 0 Å². The van der Waals surface area contributed by atoms with Crippen LogP contribution in [-0.2, 0) is 9.84 Å². The van der Waals surface area contributed by atoms with Gasteiger partial charge in [0.25, 0.3) is 0 Å². The van der Waals surface area contributed by atoms with E-state index in [0.29, 0.717) is 18.0 Å². The van der Waals surface area contributed by atoms with Gasteiger partial charge in [0.1, 0.15) is 6.10 Å². The Bertz CT molecular complexity index is 625. The normalized spacial score (nSPS) is 17.9. The molecule has 0 bridgehead atoms. The average Bonchev–Trinajstić information content (AvgIpc) is 2.93. The summed E-state index contributed by atoms with van der Waals surface area (Å²) in [5.74, 6) is -1.01. The highest BCUT2D eigenvalue weighted by atomic mass is 19.1. The van der Waals surface area contributed by atoms with Crippen LogP contribution in [0, 0.1) is 5.82 Å². The summed E-state index contributed by atoms with van der Waals surface area (Å²) >= 11 is 0. The quantitative estimate of drug-likeness (QED) is 0.810. The summed E-state index contributed by atoms with van der Waals surface area (Å²) in [6.07, 6.45) is -0.142. The molecule has 0 amide bonds. The molecule has 1 heterocycles. The van der Waals surface area contributed by atoms with E-state index in [1.54, 1.807) is 0 Å². The van der Waals surface area contributed by atoms with Gasteiger partial charge >= 0.3 is 0 Å². The van der Waals surface area contributed by atoms with Crippen molar-refractivity contribution in [3.63, 3.8) is 0 Å². The van der Waals surface area contributed by atoms with Crippen LogP contribution in [0.4, 0.5) is 4.39 Å². The zero-order valence-corrected chi connectivity index (χ0v) is 10.0. The molecule has 2 aromatic rings. The molecular weight excluding hydrogens is 245 g/mol. The number of hydrogen-bond donors (Lipinski definition) is 0. The molecular formula is C15H11FNO2. The number of ether oxygens (including phenoxy) is 1. The van der Waals surface area contributed by atoms with Gasteiger partial charge in [-0.15, -0.1) is 0 Å². The SMILES string of the molecule is [O]c1cc(C2=NC[C@@H](c3ccccc3)O2)ccc1F. The molecule has 1 aliphatic heterocycles. The Morgan fingerprint density at radius 1 is 1.16 bits per heavy atom. The first-order valence-electron chi connectivity index (χ1n) is 5.97. The third-order valence-electron chi connectivity index (χ3n) is 3.00. The maximum atomic E-state index is 12.9. The fourth-order valence-electron chi connectivity index (χ4n) is 2.01. The Labute approximate surface area is 110 Å². The molecule has 0 saturated carbocycles. The van der Waals surface area contributed by atoms with Crippen molar-refractivity contribution in [3.8, 4) is 5.75 Å². The van der Waals surface area contributed by atoms with Gasteiger partial charge in [0.2, 0.25) is 11.6 Å². The molecule has 0 spiro atoms. The monoisotopic (exact) mass is 256 g/mol. The van der Waals surface area contributed by atoms with Gasteiger partial charge in [-0.1, -0.05) is 30.3 Å². The minimum atomic E-state index is -0.762. The third kappa shape index (κ3) is 2.29. The summed E-state index contributed by atoms with van der Waals surface area (Å²) in [6.45, 7) is 0.505. The van der Waals surface area contributed by atoms with E-state index in [9.17, 15) is 9.50 Å². The Morgan fingerprint density at radius 2 is 1.95 bits per heavy atom. The van der Waals surface area contributed by atoms with Crippen molar-refractivity contribution >= 4 is 5.90 Å². The summed E-state index contributed by atoms with van der Waals surface area (Å²) in [6, 6.07) is 13.6. The van der Waals surface area contributed by atoms with E-state index in [1.807, 2.05) is 30.3 Å². The molecule has 0 aromatic heterocycles. The summed E-state index contributed by atoms with van der Waals surface area (Å²) in [5, 5.41) is 11.3. The predicted molar refractivity (Wildman–Crippen MR) is 68.2 cm³/mol. The molecule has 0 unspecified atom stereocenters. The second-order valence-electron chi connectivity index (χ2n) is 4.31. The molecule has 0 saturated heterocycles. The van der Waals surface area contributed by atoms with Crippen molar-refractivity contribution in [2.45, 2.75) is 6.10 Å². The van der Waals surface area contributed by atoms with Gasteiger partial charge in [0.15, 0.2) is 5.82 Å². The van der Waals surface area contributed by atoms with Gasteiger partial charge in [-0.2, -0.15) is 0 Å². The molecule has 95 valence electrons. The lowest BCUT2D eigenvalue weighted by molar-refractivity contribution is 0.230.